The molecule has 0 amide bonds. The second kappa shape index (κ2) is 4.17. The van der Waals surface area contributed by atoms with Crippen LogP contribution in [0.3, 0.4) is 0 Å². The number of Topliss-reactive ketones (excluding diaryl/α,β-unsaturated/α-hetero) is 1. The van der Waals surface area contributed by atoms with Crippen molar-refractivity contribution in [3.63, 3.8) is 0 Å². The summed E-state index contributed by atoms with van der Waals surface area (Å²) in [6.45, 7) is 0. The predicted octanol–water partition coefficient (Wildman–Crippen LogP) is 1.30. The molecule has 5 nitrogen and oxygen atoms in total. The lowest BCUT2D eigenvalue weighted by atomic mass is 10.1. The number of carbonyl (C=O) groups excluding carboxylic acids is 1. The normalized spacial score (nSPS) is 12.1. The van der Waals surface area contributed by atoms with Crippen molar-refractivity contribution in [1.29, 1.82) is 0 Å². The van der Waals surface area contributed by atoms with Crippen LogP contribution in [-0.4, -0.2) is 16.2 Å². The van der Waals surface area contributed by atoms with Crippen LogP contribution in [0.4, 0.5) is 5.69 Å². The number of nitrogens with zero attached hydrogens (tertiary/aromatic N) is 1. The molecule has 0 saturated heterocycles. The van der Waals surface area contributed by atoms with Crippen LogP contribution < -0.4 is 5.73 Å². The number of non-ortho nitro benzene ring substituents is 1. The van der Waals surface area contributed by atoms with E-state index in [1.807, 2.05) is 0 Å². The lowest BCUT2D eigenvalue weighted by Gasteiger charge is -2.01. The molecule has 2 N–H and O–H groups in total. The van der Waals surface area contributed by atoms with E-state index in [1.165, 1.54) is 24.3 Å². The summed E-state index contributed by atoms with van der Waals surface area (Å²) in [5.74, 6) is -0.457. The molecule has 1 aromatic rings. The van der Waals surface area contributed by atoms with E-state index in [-0.39, 0.29) is 11.3 Å². The molecule has 1 unspecified atom stereocenters. The first-order valence-electron chi connectivity index (χ1n) is 3.70. The molecule has 14 heavy (non-hydrogen) atoms. The average molecular weight is 215 g/mol. The van der Waals surface area contributed by atoms with Crippen LogP contribution in [0, 0.1) is 10.1 Å². The number of carbonyl (C=O) groups is 1. The number of halogens is 1. The maximum Gasteiger partial charge on any atom is 0.269 e. The van der Waals surface area contributed by atoms with Gasteiger partial charge in [0, 0.05) is 17.7 Å². The molecule has 0 aliphatic carbocycles. The largest absolute Gasteiger partial charge is 0.309 e. The number of hydrogen-bond acceptors (Lipinski definition) is 4. The molecule has 0 fully saturated rings. The van der Waals surface area contributed by atoms with Crippen molar-refractivity contribution >= 4 is 23.1 Å². The van der Waals surface area contributed by atoms with E-state index in [4.69, 9.17) is 17.3 Å². The molecule has 0 spiro atoms. The van der Waals surface area contributed by atoms with Crippen LogP contribution in [0.2, 0.25) is 0 Å². The number of ketones is 1. The number of nitro groups is 1. The van der Waals surface area contributed by atoms with Crippen LogP contribution >= 0.6 is 11.6 Å². The molecular formula is C8H7ClN2O3. The first-order chi connectivity index (χ1) is 6.52. The van der Waals surface area contributed by atoms with Crippen molar-refractivity contribution in [1.82, 2.24) is 0 Å². The number of hydrogen-bond donors (Lipinski definition) is 1. The third kappa shape index (κ3) is 2.27. The second-order valence-electron chi connectivity index (χ2n) is 2.57. The maximum absolute atomic E-state index is 11.2. The fourth-order valence-corrected chi connectivity index (χ4v) is 1.03. The van der Waals surface area contributed by atoms with Crippen LogP contribution in [0.1, 0.15) is 10.4 Å². The highest BCUT2D eigenvalue weighted by molar-refractivity contribution is 6.33. The zero-order valence-corrected chi connectivity index (χ0v) is 7.77. The molecule has 0 bridgehead atoms. The summed E-state index contributed by atoms with van der Waals surface area (Å²) >= 11 is 5.36. The maximum atomic E-state index is 11.2. The number of benzene rings is 1. The topological polar surface area (TPSA) is 86.2 Å². The van der Waals surface area contributed by atoms with Crippen molar-refractivity contribution in [3.8, 4) is 0 Å². The lowest BCUT2D eigenvalue weighted by Crippen LogP contribution is -2.23. The highest BCUT2D eigenvalue weighted by atomic mass is 35.5. The molecular weight excluding hydrogens is 208 g/mol. The average Bonchev–Trinajstić information content (AvgIpc) is 2.16. The molecule has 6 heteroatoms. The predicted molar refractivity (Wildman–Crippen MR) is 51.3 cm³/mol. The van der Waals surface area contributed by atoms with Crippen molar-refractivity contribution in [2.45, 2.75) is 5.50 Å². The smallest absolute Gasteiger partial charge is 0.269 e. The Morgan fingerprint density at radius 3 is 2.29 bits per heavy atom. The van der Waals surface area contributed by atoms with Crippen LogP contribution in [0.15, 0.2) is 24.3 Å². The molecule has 1 atom stereocenters. The van der Waals surface area contributed by atoms with Gasteiger partial charge in [-0.1, -0.05) is 11.6 Å². The van der Waals surface area contributed by atoms with Gasteiger partial charge in [0.1, 0.15) is 5.50 Å². The van der Waals surface area contributed by atoms with Gasteiger partial charge in [0.15, 0.2) is 5.78 Å². The molecule has 0 aromatic heterocycles. The van der Waals surface area contributed by atoms with Crippen LogP contribution in [0.25, 0.3) is 0 Å². The fourth-order valence-electron chi connectivity index (χ4n) is 0.907. The summed E-state index contributed by atoms with van der Waals surface area (Å²) < 4.78 is 0. The van der Waals surface area contributed by atoms with Crippen LogP contribution in [-0.2, 0) is 0 Å². The second-order valence-corrected chi connectivity index (χ2v) is 3.04. The molecule has 0 aliphatic heterocycles. The standard InChI is InChI=1S/C8H7ClN2O3/c9-8(10)7(12)5-1-3-6(4-2-5)11(13)14/h1-4,8H,10H2. The van der Waals surface area contributed by atoms with Crippen molar-refractivity contribution in [3.05, 3.63) is 39.9 Å². The van der Waals surface area contributed by atoms with E-state index in [0.29, 0.717) is 0 Å². The van der Waals surface area contributed by atoms with Gasteiger partial charge in [-0.2, -0.15) is 0 Å². The summed E-state index contributed by atoms with van der Waals surface area (Å²) in [5.41, 5.74) is 4.22. The summed E-state index contributed by atoms with van der Waals surface area (Å²) in [5, 5.41) is 10.3. The van der Waals surface area contributed by atoms with Gasteiger partial charge in [0.05, 0.1) is 4.92 Å². The highest BCUT2D eigenvalue weighted by Crippen LogP contribution is 2.13. The van der Waals surface area contributed by atoms with E-state index < -0.39 is 16.2 Å². The minimum absolute atomic E-state index is 0.0790. The van der Waals surface area contributed by atoms with Crippen molar-refractivity contribution in [2.75, 3.05) is 0 Å². The van der Waals surface area contributed by atoms with E-state index >= 15 is 0 Å². The number of nitrogens with two attached hydrogens (primary N) is 1. The van der Waals surface area contributed by atoms with Gasteiger partial charge in [0.2, 0.25) is 0 Å². The zero-order chi connectivity index (χ0) is 10.7. The molecule has 74 valence electrons. The highest BCUT2D eigenvalue weighted by Gasteiger charge is 2.13. The SMILES string of the molecule is NC(Cl)C(=O)c1ccc([N+](=O)[O-])cc1. The minimum Gasteiger partial charge on any atom is -0.309 e. The third-order valence-electron chi connectivity index (χ3n) is 1.61. The summed E-state index contributed by atoms with van der Waals surface area (Å²) in [6, 6.07) is 5.10. The van der Waals surface area contributed by atoms with E-state index in [0.717, 1.165) is 0 Å². The Morgan fingerprint density at radius 2 is 1.93 bits per heavy atom. The molecule has 0 aliphatic rings. The van der Waals surface area contributed by atoms with Gasteiger partial charge in [-0.15, -0.1) is 0 Å². The molecule has 0 radical (unpaired) electrons. The minimum atomic E-state index is -1.11. The van der Waals surface area contributed by atoms with Gasteiger partial charge in [-0.3, -0.25) is 14.9 Å². The Balaban J connectivity index is 2.94. The number of nitro benzene ring substituents is 1. The number of alkyl halides is 1. The third-order valence-corrected chi connectivity index (χ3v) is 1.81. The Hall–Kier alpha value is -1.46. The quantitative estimate of drug-likeness (QED) is 0.270. The fraction of sp³-hybridized carbons (Fsp3) is 0.125. The Kier molecular flexibility index (Phi) is 3.16. The summed E-state index contributed by atoms with van der Waals surface area (Å²) in [7, 11) is 0. The first kappa shape index (κ1) is 10.6. The molecule has 1 aromatic carbocycles. The van der Waals surface area contributed by atoms with Crippen molar-refractivity contribution in [2.24, 2.45) is 5.73 Å². The van der Waals surface area contributed by atoms with Gasteiger partial charge in [-0.05, 0) is 12.1 Å². The Labute approximate surface area is 84.6 Å². The number of rotatable bonds is 3. The molecule has 0 heterocycles. The van der Waals surface area contributed by atoms with E-state index in [1.54, 1.807) is 0 Å². The Bertz CT molecular complexity index is 361. The zero-order valence-electron chi connectivity index (χ0n) is 7.01. The van der Waals surface area contributed by atoms with Crippen LogP contribution in [0.5, 0.6) is 0 Å². The first-order valence-corrected chi connectivity index (χ1v) is 4.14. The van der Waals surface area contributed by atoms with Gasteiger partial charge < -0.3 is 5.73 Å². The van der Waals surface area contributed by atoms with Gasteiger partial charge in [0.25, 0.3) is 5.69 Å². The summed E-state index contributed by atoms with van der Waals surface area (Å²) in [4.78, 5) is 20.9. The molecule has 1 rings (SSSR count). The van der Waals surface area contributed by atoms with Gasteiger partial charge >= 0.3 is 0 Å². The van der Waals surface area contributed by atoms with E-state index in [2.05, 4.69) is 0 Å². The lowest BCUT2D eigenvalue weighted by molar-refractivity contribution is -0.384. The van der Waals surface area contributed by atoms with Gasteiger partial charge in [-0.25, -0.2) is 0 Å². The van der Waals surface area contributed by atoms with E-state index in [9.17, 15) is 14.9 Å². The summed E-state index contributed by atoms with van der Waals surface area (Å²) in [6.07, 6.45) is 0. The Morgan fingerprint density at radius 1 is 1.43 bits per heavy atom. The van der Waals surface area contributed by atoms with Crippen molar-refractivity contribution < 1.29 is 9.72 Å². The molecule has 0 saturated carbocycles. The monoisotopic (exact) mass is 214 g/mol.